The molecule has 0 unspecified atom stereocenters. The van der Waals surface area contributed by atoms with Gasteiger partial charge in [0.25, 0.3) is 0 Å². The Hall–Kier alpha value is -3.07. The molecule has 2 rings (SSSR count). The molecular weight excluding hydrogens is 300 g/mol. The van der Waals surface area contributed by atoms with Gasteiger partial charge in [0.1, 0.15) is 5.75 Å². The minimum absolute atomic E-state index is 0.291. The van der Waals surface area contributed by atoms with Crippen molar-refractivity contribution in [2.45, 2.75) is 6.92 Å². The van der Waals surface area contributed by atoms with Crippen molar-refractivity contribution in [2.75, 3.05) is 6.61 Å². The fourth-order valence-electron chi connectivity index (χ4n) is 1.73. The van der Waals surface area contributed by atoms with Crippen LogP contribution in [0.3, 0.4) is 0 Å². The van der Waals surface area contributed by atoms with Crippen LogP contribution in [-0.4, -0.2) is 17.7 Å². The molecule has 0 fully saturated rings. The molecule has 2 aromatic carbocycles. The van der Waals surface area contributed by atoms with Crippen LogP contribution >= 0.6 is 0 Å². The summed E-state index contributed by atoms with van der Waals surface area (Å²) in [4.78, 5) is 10.1. The third-order valence-electron chi connectivity index (χ3n) is 2.81. The van der Waals surface area contributed by atoms with E-state index in [9.17, 15) is 9.90 Å². The number of allylic oxidation sites excluding steroid dienone is 2. The van der Waals surface area contributed by atoms with Crippen LogP contribution in [0.15, 0.2) is 79.4 Å². The smallest absolute Gasteiger partial charge is 0.330 e. The number of esters is 1. The number of aromatic hydroxyl groups is 1. The van der Waals surface area contributed by atoms with Gasteiger partial charge < -0.3 is 9.84 Å². The van der Waals surface area contributed by atoms with E-state index in [0.29, 0.717) is 12.4 Å². The first kappa shape index (κ1) is 19.0. The lowest BCUT2D eigenvalue weighted by molar-refractivity contribution is -0.137. The van der Waals surface area contributed by atoms with Crippen LogP contribution in [0.1, 0.15) is 18.1 Å². The second kappa shape index (κ2) is 11.5. The number of phenolic OH excluding ortho intramolecular Hbond substituents is 1. The molecule has 24 heavy (non-hydrogen) atoms. The fraction of sp³-hybridized carbons (Fsp3) is 0.0952. The summed E-state index contributed by atoms with van der Waals surface area (Å²) < 4.78 is 4.43. The van der Waals surface area contributed by atoms with Crippen molar-refractivity contribution in [3.05, 3.63) is 90.5 Å². The van der Waals surface area contributed by atoms with Gasteiger partial charge in [0.05, 0.1) is 6.61 Å². The van der Waals surface area contributed by atoms with Crippen molar-refractivity contribution in [1.82, 2.24) is 0 Å². The van der Waals surface area contributed by atoms with E-state index < -0.39 is 0 Å². The molecule has 0 heterocycles. The van der Waals surface area contributed by atoms with Crippen molar-refractivity contribution < 1.29 is 14.6 Å². The van der Waals surface area contributed by atoms with Crippen LogP contribution in [0.25, 0.3) is 12.2 Å². The molecule has 2 aromatic rings. The first-order valence-electron chi connectivity index (χ1n) is 7.63. The summed E-state index contributed by atoms with van der Waals surface area (Å²) in [7, 11) is 0. The lowest BCUT2D eigenvalue weighted by Gasteiger charge is -1.93. The van der Waals surface area contributed by atoms with E-state index in [0.717, 1.165) is 11.6 Å². The first-order valence-corrected chi connectivity index (χ1v) is 7.63. The predicted molar refractivity (Wildman–Crippen MR) is 99.4 cm³/mol. The number of benzene rings is 2. The average molecular weight is 322 g/mol. The van der Waals surface area contributed by atoms with E-state index in [1.165, 1.54) is 5.56 Å². The van der Waals surface area contributed by atoms with Gasteiger partial charge in [-0.3, -0.25) is 0 Å². The fourth-order valence-corrected chi connectivity index (χ4v) is 1.73. The Balaban J connectivity index is 0.000000351. The Bertz CT molecular complexity index is 685. The minimum atomic E-state index is -0.359. The second-order valence-electron chi connectivity index (χ2n) is 4.68. The number of carbonyl (C=O) groups excluding carboxylic acids is 1. The number of phenols is 1. The second-order valence-corrected chi connectivity index (χ2v) is 4.68. The van der Waals surface area contributed by atoms with Crippen LogP contribution in [-0.2, 0) is 9.53 Å². The van der Waals surface area contributed by atoms with Crippen molar-refractivity contribution in [3.63, 3.8) is 0 Å². The number of hydrogen-bond donors (Lipinski definition) is 1. The maximum atomic E-state index is 10.1. The number of carbonyl (C=O) groups is 1. The van der Waals surface area contributed by atoms with Gasteiger partial charge in [0.15, 0.2) is 0 Å². The Kier molecular flexibility index (Phi) is 9.09. The summed E-state index contributed by atoms with van der Waals surface area (Å²) in [5, 5.41) is 9.30. The predicted octanol–water partition coefficient (Wildman–Crippen LogP) is 4.85. The third-order valence-corrected chi connectivity index (χ3v) is 2.81. The third kappa shape index (κ3) is 8.39. The van der Waals surface area contributed by atoms with Crippen LogP contribution in [0.2, 0.25) is 0 Å². The molecule has 0 aliphatic heterocycles. The van der Waals surface area contributed by atoms with Crippen LogP contribution in [0, 0.1) is 0 Å². The van der Waals surface area contributed by atoms with Gasteiger partial charge in [-0.25, -0.2) is 4.79 Å². The van der Waals surface area contributed by atoms with Crippen molar-refractivity contribution >= 4 is 18.1 Å². The van der Waals surface area contributed by atoms with Gasteiger partial charge >= 0.3 is 5.97 Å². The molecule has 0 saturated carbocycles. The Labute approximate surface area is 143 Å². The number of rotatable bonds is 5. The van der Waals surface area contributed by atoms with E-state index in [-0.39, 0.29) is 5.97 Å². The molecule has 124 valence electrons. The lowest BCUT2D eigenvalue weighted by atomic mass is 10.2. The standard InChI is InChI=1S/C16H14O.C5H8O2/c17-16-12-6-11-15(13-16)10-5-4-9-14-7-2-1-3-8-14;1-3-5(6)7-4-2/h1-13,17H;3H,1,4H2,2H3. The van der Waals surface area contributed by atoms with Gasteiger partial charge in [-0.2, -0.15) is 0 Å². The minimum Gasteiger partial charge on any atom is -0.508 e. The van der Waals surface area contributed by atoms with Gasteiger partial charge in [-0.1, -0.05) is 73.3 Å². The maximum Gasteiger partial charge on any atom is 0.330 e. The topological polar surface area (TPSA) is 46.5 Å². The quantitative estimate of drug-likeness (QED) is 0.486. The molecule has 0 amide bonds. The zero-order valence-corrected chi connectivity index (χ0v) is 13.8. The van der Waals surface area contributed by atoms with Crippen molar-refractivity contribution in [1.29, 1.82) is 0 Å². The SMILES string of the molecule is C=CC(=O)OCC.Oc1cccc(C=CC=Cc2ccccc2)c1. The summed E-state index contributed by atoms with van der Waals surface area (Å²) in [6.45, 7) is 5.38. The van der Waals surface area contributed by atoms with E-state index in [1.54, 1.807) is 19.1 Å². The van der Waals surface area contributed by atoms with E-state index in [2.05, 4.69) is 23.4 Å². The molecular formula is C21H22O3. The number of hydrogen-bond acceptors (Lipinski definition) is 3. The Morgan fingerprint density at radius 2 is 1.67 bits per heavy atom. The summed E-state index contributed by atoms with van der Waals surface area (Å²) in [6, 6.07) is 17.3. The first-order chi connectivity index (χ1) is 11.7. The molecule has 0 aromatic heterocycles. The van der Waals surface area contributed by atoms with Crippen LogP contribution in [0.4, 0.5) is 0 Å². The average Bonchev–Trinajstić information content (AvgIpc) is 2.60. The highest BCUT2D eigenvalue weighted by Gasteiger charge is 1.88. The highest BCUT2D eigenvalue weighted by Crippen LogP contribution is 2.12. The normalized spacial score (nSPS) is 10.2. The highest BCUT2D eigenvalue weighted by atomic mass is 16.5. The van der Waals surface area contributed by atoms with Gasteiger partial charge in [-0.15, -0.1) is 0 Å². The monoisotopic (exact) mass is 322 g/mol. The molecule has 0 spiro atoms. The van der Waals surface area contributed by atoms with Gasteiger partial charge in [-0.05, 0) is 30.2 Å². The van der Waals surface area contributed by atoms with E-state index in [1.807, 2.05) is 54.6 Å². The van der Waals surface area contributed by atoms with Crippen LogP contribution in [0.5, 0.6) is 5.75 Å². The molecule has 3 nitrogen and oxygen atoms in total. The van der Waals surface area contributed by atoms with E-state index in [4.69, 9.17) is 0 Å². The molecule has 0 radical (unpaired) electrons. The Morgan fingerprint density at radius 1 is 1.04 bits per heavy atom. The molecule has 0 atom stereocenters. The molecule has 3 heteroatoms. The summed E-state index contributed by atoms with van der Waals surface area (Å²) >= 11 is 0. The van der Waals surface area contributed by atoms with Gasteiger partial charge in [0, 0.05) is 6.08 Å². The van der Waals surface area contributed by atoms with Crippen molar-refractivity contribution in [2.24, 2.45) is 0 Å². The van der Waals surface area contributed by atoms with Crippen LogP contribution < -0.4 is 0 Å². The summed E-state index contributed by atoms with van der Waals surface area (Å²) in [5.74, 6) is -0.0679. The molecule has 0 saturated heterocycles. The largest absolute Gasteiger partial charge is 0.508 e. The van der Waals surface area contributed by atoms with E-state index >= 15 is 0 Å². The Morgan fingerprint density at radius 3 is 2.21 bits per heavy atom. The number of ether oxygens (including phenoxy) is 1. The lowest BCUT2D eigenvalue weighted by Crippen LogP contribution is -1.97. The zero-order chi connectivity index (χ0) is 17.6. The molecule has 0 aliphatic rings. The van der Waals surface area contributed by atoms with Crippen molar-refractivity contribution in [3.8, 4) is 5.75 Å². The molecule has 0 bridgehead atoms. The maximum absolute atomic E-state index is 10.1. The highest BCUT2D eigenvalue weighted by molar-refractivity contribution is 5.81. The van der Waals surface area contributed by atoms with Gasteiger partial charge in [0.2, 0.25) is 0 Å². The molecule has 0 aliphatic carbocycles. The summed E-state index contributed by atoms with van der Waals surface area (Å²) in [5.41, 5.74) is 2.16. The zero-order valence-electron chi connectivity index (χ0n) is 13.8. The molecule has 1 N–H and O–H groups in total. The summed E-state index contributed by atoms with van der Waals surface area (Å²) in [6.07, 6.45) is 9.09.